The first-order valence-corrected chi connectivity index (χ1v) is 4.46. The average Bonchev–Trinajstić information content (AvgIpc) is 2.16. The standard InChI is InChI=1S/C12H12O3/c1-9(13)8-12(15)7-4-10-2-5-11(14)6-3-10/h2-8,13-14H,1H3/b7-4+,9-8+. The molecule has 1 aromatic rings. The predicted molar refractivity (Wildman–Crippen MR) is 58.5 cm³/mol. The molecule has 2 N–H and O–H groups in total. The molecule has 1 rings (SSSR count). The number of carbonyl (C=O) groups is 1. The number of phenolic OH excluding ortho intramolecular Hbond substituents is 1. The molecule has 15 heavy (non-hydrogen) atoms. The van der Waals surface area contributed by atoms with Crippen molar-refractivity contribution in [3.8, 4) is 5.75 Å². The van der Waals surface area contributed by atoms with Crippen molar-refractivity contribution < 1.29 is 15.0 Å². The molecule has 0 amide bonds. The van der Waals surface area contributed by atoms with E-state index in [1.807, 2.05) is 0 Å². The van der Waals surface area contributed by atoms with Crippen molar-refractivity contribution in [3.05, 3.63) is 47.7 Å². The molecule has 1 aromatic carbocycles. The Kier molecular flexibility index (Phi) is 3.68. The van der Waals surface area contributed by atoms with Crippen molar-refractivity contribution in [2.45, 2.75) is 6.92 Å². The van der Waals surface area contributed by atoms with Crippen LogP contribution in [0.3, 0.4) is 0 Å². The summed E-state index contributed by atoms with van der Waals surface area (Å²) in [4.78, 5) is 11.1. The number of hydrogen-bond acceptors (Lipinski definition) is 3. The molecule has 3 nitrogen and oxygen atoms in total. The largest absolute Gasteiger partial charge is 0.512 e. The van der Waals surface area contributed by atoms with Gasteiger partial charge in [-0.2, -0.15) is 0 Å². The molecule has 0 heterocycles. The number of aromatic hydroxyl groups is 1. The van der Waals surface area contributed by atoms with Gasteiger partial charge < -0.3 is 10.2 Å². The summed E-state index contributed by atoms with van der Waals surface area (Å²) in [6.45, 7) is 1.44. The molecule has 0 aliphatic rings. The molecule has 0 radical (unpaired) electrons. The molecule has 0 saturated carbocycles. The van der Waals surface area contributed by atoms with Crippen LogP contribution in [0.25, 0.3) is 6.08 Å². The highest BCUT2D eigenvalue weighted by Crippen LogP contribution is 2.10. The van der Waals surface area contributed by atoms with Crippen LogP contribution in [0, 0.1) is 0 Å². The second kappa shape index (κ2) is 5.00. The summed E-state index contributed by atoms with van der Waals surface area (Å²) in [5, 5.41) is 17.8. The highest BCUT2D eigenvalue weighted by Gasteiger charge is 1.92. The number of allylic oxidation sites excluding steroid dienone is 3. The van der Waals surface area contributed by atoms with Crippen LogP contribution in [0.5, 0.6) is 5.75 Å². The van der Waals surface area contributed by atoms with Crippen molar-refractivity contribution in [1.82, 2.24) is 0 Å². The number of rotatable bonds is 3. The Bertz CT molecular complexity index is 395. The van der Waals surface area contributed by atoms with Crippen molar-refractivity contribution in [2.75, 3.05) is 0 Å². The summed E-state index contributed by atoms with van der Waals surface area (Å²) in [6, 6.07) is 6.46. The topological polar surface area (TPSA) is 57.5 Å². The van der Waals surface area contributed by atoms with E-state index in [0.29, 0.717) is 0 Å². The molecule has 0 aliphatic carbocycles. The summed E-state index contributed by atoms with van der Waals surface area (Å²) in [5.41, 5.74) is 0.810. The van der Waals surface area contributed by atoms with Gasteiger partial charge in [-0.3, -0.25) is 4.79 Å². The van der Waals surface area contributed by atoms with E-state index in [-0.39, 0.29) is 17.3 Å². The molecule has 3 heteroatoms. The summed E-state index contributed by atoms with van der Waals surface area (Å²) < 4.78 is 0. The molecule has 78 valence electrons. The lowest BCUT2D eigenvalue weighted by Crippen LogP contribution is -1.87. The van der Waals surface area contributed by atoms with E-state index in [2.05, 4.69) is 0 Å². The fourth-order valence-corrected chi connectivity index (χ4v) is 1.02. The van der Waals surface area contributed by atoms with Gasteiger partial charge in [-0.25, -0.2) is 0 Å². The summed E-state index contributed by atoms with van der Waals surface area (Å²) in [7, 11) is 0. The van der Waals surface area contributed by atoms with Gasteiger partial charge in [0.05, 0.1) is 5.76 Å². The smallest absolute Gasteiger partial charge is 0.181 e. The number of hydrogen-bond donors (Lipinski definition) is 2. The second-order valence-corrected chi connectivity index (χ2v) is 3.11. The van der Waals surface area contributed by atoms with Crippen LogP contribution < -0.4 is 0 Å². The van der Waals surface area contributed by atoms with Crippen LogP contribution in [0.15, 0.2) is 42.2 Å². The minimum atomic E-state index is -0.275. The minimum absolute atomic E-state index is 0.0182. The first kappa shape index (κ1) is 11.0. The summed E-state index contributed by atoms with van der Waals surface area (Å²) in [5.74, 6) is -0.108. The zero-order valence-corrected chi connectivity index (χ0v) is 8.34. The lowest BCUT2D eigenvalue weighted by molar-refractivity contribution is -0.110. The number of carbonyl (C=O) groups excluding carboxylic acids is 1. The Balaban J connectivity index is 2.70. The van der Waals surface area contributed by atoms with Crippen molar-refractivity contribution in [2.24, 2.45) is 0 Å². The maximum atomic E-state index is 11.1. The summed E-state index contributed by atoms with van der Waals surface area (Å²) >= 11 is 0. The lowest BCUT2D eigenvalue weighted by atomic mass is 10.2. The average molecular weight is 204 g/mol. The third kappa shape index (κ3) is 4.13. The molecule has 0 aromatic heterocycles. The zero-order chi connectivity index (χ0) is 11.3. The van der Waals surface area contributed by atoms with Gasteiger partial charge in [0, 0.05) is 6.08 Å². The predicted octanol–water partition coefficient (Wildman–Crippen LogP) is 2.44. The van der Waals surface area contributed by atoms with Crippen molar-refractivity contribution >= 4 is 11.9 Å². The van der Waals surface area contributed by atoms with Crippen LogP contribution in [0.1, 0.15) is 12.5 Å². The van der Waals surface area contributed by atoms with E-state index in [4.69, 9.17) is 10.2 Å². The van der Waals surface area contributed by atoms with Gasteiger partial charge in [0.15, 0.2) is 5.78 Å². The maximum Gasteiger partial charge on any atom is 0.181 e. The van der Waals surface area contributed by atoms with E-state index in [1.165, 1.54) is 25.1 Å². The Morgan fingerprint density at radius 1 is 1.27 bits per heavy atom. The molecule has 0 aliphatic heterocycles. The lowest BCUT2D eigenvalue weighted by Gasteiger charge is -1.93. The van der Waals surface area contributed by atoms with Gasteiger partial charge >= 0.3 is 0 Å². The van der Waals surface area contributed by atoms with Crippen LogP contribution in [-0.4, -0.2) is 16.0 Å². The Hall–Kier alpha value is -2.03. The fourth-order valence-electron chi connectivity index (χ4n) is 1.02. The fraction of sp³-hybridized carbons (Fsp3) is 0.0833. The van der Waals surface area contributed by atoms with Crippen LogP contribution >= 0.6 is 0 Å². The zero-order valence-electron chi connectivity index (χ0n) is 8.34. The molecular weight excluding hydrogens is 192 g/mol. The van der Waals surface area contributed by atoms with Crippen LogP contribution in [0.2, 0.25) is 0 Å². The molecule has 0 spiro atoms. The number of ketones is 1. The second-order valence-electron chi connectivity index (χ2n) is 3.11. The summed E-state index contributed by atoms with van der Waals surface area (Å²) in [6.07, 6.45) is 4.10. The van der Waals surface area contributed by atoms with Gasteiger partial charge in [0.25, 0.3) is 0 Å². The number of benzene rings is 1. The Morgan fingerprint density at radius 3 is 2.40 bits per heavy atom. The van der Waals surface area contributed by atoms with Crippen molar-refractivity contribution in [1.29, 1.82) is 0 Å². The number of aliphatic hydroxyl groups excluding tert-OH is 1. The van der Waals surface area contributed by atoms with E-state index in [1.54, 1.807) is 18.2 Å². The maximum absolute atomic E-state index is 11.1. The molecule has 0 saturated heterocycles. The SMILES string of the molecule is C/C(O)=C\C(=O)/C=C/c1ccc(O)cc1. The molecule has 0 unspecified atom stereocenters. The molecule has 0 atom stereocenters. The normalized spacial score (nSPS) is 11.9. The van der Waals surface area contributed by atoms with E-state index < -0.39 is 0 Å². The molecular formula is C12H12O3. The first-order chi connectivity index (χ1) is 7.08. The van der Waals surface area contributed by atoms with Gasteiger partial charge in [0.2, 0.25) is 0 Å². The molecule has 0 fully saturated rings. The number of aliphatic hydroxyl groups is 1. The van der Waals surface area contributed by atoms with Gasteiger partial charge in [-0.05, 0) is 30.7 Å². The highest BCUT2D eigenvalue weighted by molar-refractivity contribution is 6.02. The third-order valence-electron chi connectivity index (χ3n) is 1.68. The van der Waals surface area contributed by atoms with E-state index >= 15 is 0 Å². The van der Waals surface area contributed by atoms with Crippen LogP contribution in [0.4, 0.5) is 0 Å². The monoisotopic (exact) mass is 204 g/mol. The number of phenols is 1. The Labute approximate surface area is 88.0 Å². The van der Waals surface area contributed by atoms with Crippen molar-refractivity contribution in [3.63, 3.8) is 0 Å². The van der Waals surface area contributed by atoms with Gasteiger partial charge in [-0.15, -0.1) is 0 Å². The van der Waals surface area contributed by atoms with Crippen LogP contribution in [-0.2, 0) is 4.79 Å². The van der Waals surface area contributed by atoms with Gasteiger partial charge in [-0.1, -0.05) is 18.2 Å². The van der Waals surface area contributed by atoms with Gasteiger partial charge in [0.1, 0.15) is 5.75 Å². The quantitative estimate of drug-likeness (QED) is 0.587. The first-order valence-electron chi connectivity index (χ1n) is 4.46. The molecule has 0 bridgehead atoms. The Morgan fingerprint density at radius 2 is 1.87 bits per heavy atom. The third-order valence-corrected chi connectivity index (χ3v) is 1.68. The highest BCUT2D eigenvalue weighted by atomic mass is 16.3. The van der Waals surface area contributed by atoms with E-state index in [9.17, 15) is 4.79 Å². The van der Waals surface area contributed by atoms with E-state index in [0.717, 1.165) is 11.6 Å². The minimum Gasteiger partial charge on any atom is -0.512 e.